The molecule has 4 aliphatic heterocycles. The lowest BCUT2D eigenvalue weighted by molar-refractivity contribution is -0.133. The van der Waals surface area contributed by atoms with E-state index in [0.29, 0.717) is 60.1 Å². The van der Waals surface area contributed by atoms with Crippen LogP contribution in [0.4, 0.5) is 22.0 Å². The molecule has 5 amide bonds. The number of imide groups is 1. The fourth-order valence-electron chi connectivity index (χ4n) is 10.7. The molecule has 9 rings (SSSR count). The summed E-state index contributed by atoms with van der Waals surface area (Å²) < 4.78 is 7.97. The number of carbonyl (C=O) groups is 4. The zero-order valence-corrected chi connectivity index (χ0v) is 37.0. The number of ether oxygens (including phenoxy) is 1. The van der Waals surface area contributed by atoms with E-state index in [1.54, 1.807) is 4.90 Å². The lowest BCUT2D eigenvalue weighted by Crippen LogP contribution is -2.51. The number of fused-ring (bicyclic) bond motifs is 1. The molecule has 1 aliphatic carbocycles. The van der Waals surface area contributed by atoms with Gasteiger partial charge in [0.1, 0.15) is 28.6 Å². The largest absolute Gasteiger partial charge is 0.457 e. The fourth-order valence-corrected chi connectivity index (χ4v) is 10.7. The molecule has 338 valence electrons. The molecule has 1 saturated carbocycles. The third kappa shape index (κ3) is 9.75. The van der Waals surface area contributed by atoms with Gasteiger partial charge in [-0.25, -0.2) is 9.48 Å². The van der Waals surface area contributed by atoms with Gasteiger partial charge in [-0.05, 0) is 118 Å². The van der Waals surface area contributed by atoms with Crippen molar-refractivity contribution in [3.63, 3.8) is 0 Å². The van der Waals surface area contributed by atoms with Crippen LogP contribution in [0.15, 0.2) is 78.9 Å². The van der Waals surface area contributed by atoms with E-state index >= 15 is 0 Å². The second kappa shape index (κ2) is 19.4. The normalized spacial score (nSPS) is 22.2. The topological polar surface area (TPSA) is 162 Å². The Morgan fingerprint density at radius 1 is 0.812 bits per heavy atom. The highest BCUT2D eigenvalue weighted by atomic mass is 16.5. The summed E-state index contributed by atoms with van der Waals surface area (Å²) >= 11 is 0. The Hall–Kier alpha value is -5.93. The van der Waals surface area contributed by atoms with Crippen molar-refractivity contribution >= 4 is 40.9 Å². The van der Waals surface area contributed by atoms with Crippen molar-refractivity contribution < 1.29 is 23.9 Å². The number of nitrogens with two attached hydrogens (primary N) is 1. The highest BCUT2D eigenvalue weighted by Crippen LogP contribution is 2.40. The maximum atomic E-state index is 13.5. The molecule has 3 saturated heterocycles. The summed E-state index contributed by atoms with van der Waals surface area (Å²) in [6, 6.07) is 25.7. The number of piperidine rings is 1. The van der Waals surface area contributed by atoms with Crippen LogP contribution >= 0.6 is 0 Å². The Morgan fingerprint density at radius 3 is 2.25 bits per heavy atom. The number of para-hydroxylation sites is 1. The number of primary amides is 1. The number of amides is 5. The van der Waals surface area contributed by atoms with Crippen LogP contribution in [0.3, 0.4) is 0 Å². The molecule has 0 radical (unpaired) electrons. The third-order valence-corrected chi connectivity index (χ3v) is 14.2. The van der Waals surface area contributed by atoms with Crippen LogP contribution in [-0.2, 0) is 9.59 Å². The summed E-state index contributed by atoms with van der Waals surface area (Å²) in [5.41, 5.74) is 9.71. The highest BCUT2D eigenvalue weighted by Gasteiger charge is 2.36. The van der Waals surface area contributed by atoms with Crippen molar-refractivity contribution in [2.24, 2.45) is 17.6 Å². The number of benzene rings is 3. The third-order valence-electron chi connectivity index (χ3n) is 14.2. The molecule has 4 aromatic rings. The average molecular weight is 871 g/mol. The molecular weight excluding hydrogens is 809 g/mol. The van der Waals surface area contributed by atoms with Crippen molar-refractivity contribution in [1.82, 2.24) is 29.8 Å². The van der Waals surface area contributed by atoms with Crippen molar-refractivity contribution in [3.8, 4) is 22.8 Å². The maximum Gasteiger partial charge on any atom is 0.328 e. The zero-order chi connectivity index (χ0) is 44.2. The van der Waals surface area contributed by atoms with Gasteiger partial charge in [0.15, 0.2) is 0 Å². The Balaban J connectivity index is 0.702. The van der Waals surface area contributed by atoms with Gasteiger partial charge in [-0.3, -0.25) is 29.5 Å². The van der Waals surface area contributed by atoms with Crippen LogP contribution in [0.5, 0.6) is 11.5 Å². The number of hydrogen-bond acceptors (Lipinski definition) is 10. The van der Waals surface area contributed by atoms with Crippen LogP contribution in [-0.4, -0.2) is 127 Å². The van der Waals surface area contributed by atoms with E-state index in [0.717, 1.165) is 101 Å². The molecule has 5 heterocycles. The molecule has 0 spiro atoms. The minimum Gasteiger partial charge on any atom is -0.457 e. The number of urea groups is 1. The zero-order valence-electron chi connectivity index (χ0n) is 37.0. The van der Waals surface area contributed by atoms with Gasteiger partial charge in [0, 0.05) is 101 Å². The fraction of sp³-hybridized carbons (Fsp3) is 0.490. The highest BCUT2D eigenvalue weighted by molar-refractivity contribution is 6.06. The molecule has 15 nitrogen and oxygen atoms in total. The minimum atomic E-state index is -0.508. The van der Waals surface area contributed by atoms with E-state index in [2.05, 4.69) is 44.5 Å². The smallest absolute Gasteiger partial charge is 0.328 e. The van der Waals surface area contributed by atoms with E-state index in [9.17, 15) is 19.2 Å². The molecular formula is C49H62N10O5. The van der Waals surface area contributed by atoms with Crippen molar-refractivity contribution in [2.75, 3.05) is 87.6 Å². The number of hydrogen-bond donors (Lipinski definition) is 3. The lowest BCUT2D eigenvalue weighted by Gasteiger charge is -2.43. The number of piperazine rings is 1. The SMILES string of the molecule is CN(CCC(=O)N1CCC([C@@H]2CCNc3c(C(N)=O)c(-c4ccc(Oc5ccccc5)cc4)nn32)CC1)CC1CCC(N2CCN(c3cccc(N4CCC(=O)NC4=O)c3)CC2)CC1. The summed E-state index contributed by atoms with van der Waals surface area (Å²) in [4.78, 5) is 61.5. The quantitative estimate of drug-likeness (QED) is 0.142. The van der Waals surface area contributed by atoms with E-state index in [4.69, 9.17) is 15.6 Å². The summed E-state index contributed by atoms with van der Waals surface area (Å²) in [5.74, 6) is 2.62. The van der Waals surface area contributed by atoms with Crippen LogP contribution in [0.2, 0.25) is 0 Å². The van der Waals surface area contributed by atoms with Gasteiger partial charge in [-0.2, -0.15) is 5.10 Å². The molecule has 4 fully saturated rings. The van der Waals surface area contributed by atoms with Crippen LogP contribution in [0.1, 0.15) is 74.2 Å². The average Bonchev–Trinajstić information content (AvgIpc) is 3.72. The first-order valence-corrected chi connectivity index (χ1v) is 23.3. The standard InChI is InChI=1S/C49H62N10O5/c1-54(33-34-10-14-37(15-11-34)55-28-30-56(31-29-55)38-6-5-7-39(32-38)58-27-21-43(60)52-49(58)63)24-22-44(61)57-25-19-35(20-26-57)42-18-23-51-48-45(47(50)62)46(53-59(42)48)36-12-16-41(17-13-36)64-40-8-3-2-4-9-40/h2-9,12-13,16-17,32,34-35,37,42,51H,10-11,14-15,18-31,33H2,1H3,(H2,50,62)(H,52,60,63)/t34?,37?,42-/m0/s1. The first kappa shape index (κ1) is 43.3. The Bertz CT molecular complexity index is 2280. The van der Waals surface area contributed by atoms with Gasteiger partial charge in [-0.15, -0.1) is 0 Å². The van der Waals surface area contributed by atoms with Crippen LogP contribution < -0.4 is 30.9 Å². The molecule has 0 unspecified atom stereocenters. The van der Waals surface area contributed by atoms with E-state index in [-0.39, 0.29) is 23.9 Å². The van der Waals surface area contributed by atoms with E-state index < -0.39 is 5.91 Å². The minimum absolute atomic E-state index is 0.113. The van der Waals surface area contributed by atoms with E-state index in [1.807, 2.05) is 76.3 Å². The molecule has 1 aromatic heterocycles. The Kier molecular flexibility index (Phi) is 13.2. The van der Waals surface area contributed by atoms with Gasteiger partial charge in [-0.1, -0.05) is 24.3 Å². The number of carbonyl (C=O) groups excluding carboxylic acids is 4. The maximum absolute atomic E-state index is 13.5. The molecule has 1 atom stereocenters. The lowest BCUT2D eigenvalue weighted by atomic mass is 9.84. The number of nitrogens with zero attached hydrogens (tertiary/aromatic N) is 7. The molecule has 0 bridgehead atoms. The van der Waals surface area contributed by atoms with Crippen molar-refractivity contribution in [3.05, 3.63) is 84.4 Å². The van der Waals surface area contributed by atoms with Crippen molar-refractivity contribution in [2.45, 2.75) is 69.9 Å². The Labute approximate surface area is 375 Å². The first-order valence-electron chi connectivity index (χ1n) is 23.3. The van der Waals surface area contributed by atoms with Gasteiger partial charge in [0.2, 0.25) is 11.8 Å². The number of anilines is 3. The summed E-state index contributed by atoms with van der Waals surface area (Å²) in [6.07, 6.45) is 8.39. The number of aromatic nitrogens is 2. The predicted molar refractivity (Wildman–Crippen MR) is 248 cm³/mol. The van der Waals surface area contributed by atoms with Gasteiger partial charge >= 0.3 is 6.03 Å². The van der Waals surface area contributed by atoms with Crippen LogP contribution in [0, 0.1) is 11.8 Å². The number of likely N-dealkylation sites (tertiary alicyclic amines) is 1. The summed E-state index contributed by atoms with van der Waals surface area (Å²) in [7, 11) is 2.16. The molecule has 15 heteroatoms. The van der Waals surface area contributed by atoms with Gasteiger partial charge in [0.05, 0.1) is 6.04 Å². The second-order valence-corrected chi connectivity index (χ2v) is 18.3. The molecule has 3 aromatic carbocycles. The predicted octanol–water partition coefficient (Wildman–Crippen LogP) is 6.19. The Morgan fingerprint density at radius 2 is 1.53 bits per heavy atom. The summed E-state index contributed by atoms with van der Waals surface area (Å²) in [5, 5.41) is 10.9. The number of rotatable bonds is 13. The van der Waals surface area contributed by atoms with Crippen molar-refractivity contribution in [1.29, 1.82) is 0 Å². The van der Waals surface area contributed by atoms with Gasteiger partial charge < -0.3 is 30.5 Å². The second-order valence-electron chi connectivity index (χ2n) is 18.3. The van der Waals surface area contributed by atoms with Crippen LogP contribution in [0.25, 0.3) is 11.3 Å². The molecule has 4 N–H and O–H groups in total. The number of nitrogens with one attached hydrogen (secondary N) is 2. The summed E-state index contributed by atoms with van der Waals surface area (Å²) in [6.45, 7) is 8.35. The molecule has 64 heavy (non-hydrogen) atoms. The first-order chi connectivity index (χ1) is 31.2. The molecule has 5 aliphatic rings. The van der Waals surface area contributed by atoms with Gasteiger partial charge in [0.25, 0.3) is 5.91 Å². The van der Waals surface area contributed by atoms with E-state index in [1.165, 1.54) is 25.7 Å². The monoisotopic (exact) mass is 870 g/mol.